The third kappa shape index (κ3) is 2.83. The van der Waals surface area contributed by atoms with E-state index >= 15 is 0 Å². The zero-order valence-corrected chi connectivity index (χ0v) is 12.2. The van der Waals surface area contributed by atoms with Crippen molar-refractivity contribution in [1.82, 2.24) is 0 Å². The van der Waals surface area contributed by atoms with E-state index in [2.05, 4.69) is 4.85 Å². The summed E-state index contributed by atoms with van der Waals surface area (Å²) in [6.07, 6.45) is 0. The van der Waals surface area contributed by atoms with E-state index in [9.17, 15) is 21.6 Å². The Labute approximate surface area is 125 Å². The topological polar surface area (TPSA) is 38.5 Å². The van der Waals surface area contributed by atoms with E-state index in [-0.39, 0.29) is 11.0 Å². The molecule has 0 spiro atoms. The first-order chi connectivity index (χ1) is 10.3. The van der Waals surface area contributed by atoms with Gasteiger partial charge in [-0.05, 0) is 25.1 Å². The fourth-order valence-electron chi connectivity index (χ4n) is 1.89. The highest BCUT2D eigenvalue weighted by Crippen LogP contribution is 2.32. The van der Waals surface area contributed by atoms with Gasteiger partial charge in [0.05, 0.1) is 10.5 Å². The van der Waals surface area contributed by atoms with Gasteiger partial charge in [-0.3, -0.25) is 4.85 Å². The smallest absolute Gasteiger partial charge is 0.291 e. The van der Waals surface area contributed by atoms with E-state index < -0.39 is 38.2 Å². The van der Waals surface area contributed by atoms with Gasteiger partial charge in [-0.15, -0.1) is 0 Å². The molecule has 0 bridgehead atoms. The Morgan fingerprint density at radius 2 is 1.55 bits per heavy atom. The number of hydrogen-bond donors (Lipinski definition) is 0. The Hall–Kier alpha value is -2.33. The molecular formula is C15H10F3NO2S. The zero-order valence-electron chi connectivity index (χ0n) is 11.3. The number of benzene rings is 2. The van der Waals surface area contributed by atoms with Crippen molar-refractivity contribution in [3.8, 4) is 0 Å². The van der Waals surface area contributed by atoms with E-state index in [1.807, 2.05) is 0 Å². The van der Waals surface area contributed by atoms with Crippen molar-refractivity contribution in [2.45, 2.75) is 17.2 Å². The first-order valence-corrected chi connectivity index (χ1v) is 7.63. The summed E-state index contributed by atoms with van der Waals surface area (Å²) in [4.78, 5) is 2.70. The molecule has 0 fully saturated rings. The number of aryl methyl sites for hydroxylation is 1. The summed E-state index contributed by atoms with van der Waals surface area (Å²) in [5.74, 6) is -4.14. The van der Waals surface area contributed by atoms with Gasteiger partial charge in [-0.1, -0.05) is 17.7 Å². The molecule has 0 aromatic heterocycles. The van der Waals surface area contributed by atoms with Gasteiger partial charge in [0.1, 0.15) is 5.82 Å². The standard InChI is InChI=1S/C15H10F3NO2S/c1-9-3-5-10(6-4-9)22(20,21)15(19-2)11-7-13(17)14(18)8-12(11)16/h3-8,15H,1H3. The second-order valence-corrected chi connectivity index (χ2v) is 6.64. The monoisotopic (exact) mass is 325 g/mol. The second-order valence-electron chi connectivity index (χ2n) is 4.63. The molecule has 0 aliphatic carbocycles. The summed E-state index contributed by atoms with van der Waals surface area (Å²) < 4.78 is 64.8. The molecule has 0 radical (unpaired) electrons. The molecule has 1 unspecified atom stereocenters. The van der Waals surface area contributed by atoms with Crippen LogP contribution in [0.2, 0.25) is 0 Å². The number of nitrogens with zero attached hydrogens (tertiary/aromatic N) is 1. The molecular weight excluding hydrogens is 315 g/mol. The maximum absolute atomic E-state index is 13.8. The lowest BCUT2D eigenvalue weighted by atomic mass is 10.2. The van der Waals surface area contributed by atoms with Crippen molar-refractivity contribution in [2.24, 2.45) is 0 Å². The number of halogens is 3. The van der Waals surface area contributed by atoms with Gasteiger partial charge in [-0.2, -0.15) is 0 Å². The molecule has 0 amide bonds. The van der Waals surface area contributed by atoms with Crippen LogP contribution in [0.25, 0.3) is 4.85 Å². The summed E-state index contributed by atoms with van der Waals surface area (Å²) in [5.41, 5.74) is 0.0896. The second kappa shape index (κ2) is 5.81. The highest BCUT2D eigenvalue weighted by atomic mass is 32.2. The van der Waals surface area contributed by atoms with Crippen LogP contribution in [0.5, 0.6) is 0 Å². The van der Waals surface area contributed by atoms with Gasteiger partial charge < -0.3 is 0 Å². The largest absolute Gasteiger partial charge is 0.353 e. The Kier molecular flexibility index (Phi) is 4.24. The lowest BCUT2D eigenvalue weighted by Crippen LogP contribution is -2.13. The van der Waals surface area contributed by atoms with Crippen LogP contribution in [0, 0.1) is 30.9 Å². The van der Waals surface area contributed by atoms with E-state index in [1.54, 1.807) is 6.92 Å². The zero-order chi connectivity index (χ0) is 16.5. The first-order valence-electron chi connectivity index (χ1n) is 6.09. The quantitative estimate of drug-likeness (QED) is 0.636. The fraction of sp³-hybridized carbons (Fsp3) is 0.133. The lowest BCUT2D eigenvalue weighted by Gasteiger charge is -2.09. The molecule has 0 heterocycles. The Morgan fingerprint density at radius 1 is 1.00 bits per heavy atom. The SMILES string of the molecule is [C-]#[N+]C(c1cc(F)c(F)cc1F)S(=O)(=O)c1ccc(C)cc1. The normalized spacial score (nSPS) is 12.7. The van der Waals surface area contributed by atoms with Gasteiger partial charge in [0.2, 0.25) is 0 Å². The van der Waals surface area contributed by atoms with Crippen molar-refractivity contribution in [3.05, 3.63) is 76.4 Å². The average Bonchev–Trinajstić information content (AvgIpc) is 2.45. The Balaban J connectivity index is 2.60. The molecule has 0 saturated heterocycles. The third-order valence-electron chi connectivity index (χ3n) is 3.07. The predicted molar refractivity (Wildman–Crippen MR) is 74.0 cm³/mol. The molecule has 0 aliphatic rings. The van der Waals surface area contributed by atoms with Crippen molar-refractivity contribution in [3.63, 3.8) is 0 Å². The van der Waals surface area contributed by atoms with E-state index in [1.165, 1.54) is 24.3 Å². The molecule has 0 saturated carbocycles. The van der Waals surface area contributed by atoms with Gasteiger partial charge in [0.25, 0.3) is 9.84 Å². The summed E-state index contributed by atoms with van der Waals surface area (Å²) in [5, 5.41) is -1.98. The predicted octanol–water partition coefficient (Wildman–Crippen LogP) is 3.80. The molecule has 3 nitrogen and oxygen atoms in total. The summed E-state index contributed by atoms with van der Waals surface area (Å²) in [6, 6.07) is 6.23. The Morgan fingerprint density at radius 3 is 2.09 bits per heavy atom. The highest BCUT2D eigenvalue weighted by Gasteiger charge is 2.37. The van der Waals surface area contributed by atoms with E-state index in [0.717, 1.165) is 5.56 Å². The van der Waals surface area contributed by atoms with Gasteiger partial charge in [-0.25, -0.2) is 28.2 Å². The maximum Gasteiger partial charge on any atom is 0.353 e. The molecule has 0 aliphatic heterocycles. The van der Waals surface area contributed by atoms with Crippen LogP contribution in [-0.4, -0.2) is 8.42 Å². The van der Waals surface area contributed by atoms with Crippen LogP contribution < -0.4 is 0 Å². The number of sulfone groups is 1. The summed E-state index contributed by atoms with van der Waals surface area (Å²) in [6.45, 7) is 8.78. The third-order valence-corrected chi connectivity index (χ3v) is 4.94. The summed E-state index contributed by atoms with van der Waals surface area (Å²) in [7, 11) is -4.26. The van der Waals surface area contributed by atoms with Crippen LogP contribution in [0.4, 0.5) is 13.2 Å². The van der Waals surface area contributed by atoms with Crippen molar-refractivity contribution >= 4 is 9.84 Å². The fourth-order valence-corrected chi connectivity index (χ4v) is 3.32. The summed E-state index contributed by atoms with van der Waals surface area (Å²) >= 11 is 0. The highest BCUT2D eigenvalue weighted by molar-refractivity contribution is 7.91. The minimum Gasteiger partial charge on any atom is -0.291 e. The van der Waals surface area contributed by atoms with E-state index in [0.29, 0.717) is 6.07 Å². The van der Waals surface area contributed by atoms with Gasteiger partial charge >= 0.3 is 5.37 Å². The molecule has 7 heteroatoms. The molecule has 2 aromatic rings. The average molecular weight is 325 g/mol. The molecule has 2 aromatic carbocycles. The van der Waals surface area contributed by atoms with Gasteiger partial charge in [0, 0.05) is 6.07 Å². The molecule has 2 rings (SSSR count). The van der Waals surface area contributed by atoms with Crippen LogP contribution in [0.1, 0.15) is 16.5 Å². The van der Waals surface area contributed by atoms with Crippen molar-refractivity contribution < 1.29 is 21.6 Å². The van der Waals surface area contributed by atoms with Crippen LogP contribution in [-0.2, 0) is 9.84 Å². The minimum atomic E-state index is -4.26. The van der Waals surface area contributed by atoms with E-state index in [4.69, 9.17) is 6.57 Å². The molecule has 22 heavy (non-hydrogen) atoms. The first kappa shape index (κ1) is 16.0. The number of rotatable bonds is 3. The molecule has 1 atom stereocenters. The van der Waals surface area contributed by atoms with Crippen LogP contribution in [0.15, 0.2) is 41.3 Å². The maximum atomic E-state index is 13.8. The number of hydrogen-bond acceptors (Lipinski definition) is 2. The Bertz CT molecular complexity index is 856. The lowest BCUT2D eigenvalue weighted by molar-refractivity contribution is 0.490. The molecule has 0 N–H and O–H groups in total. The van der Waals surface area contributed by atoms with Crippen molar-refractivity contribution in [2.75, 3.05) is 0 Å². The van der Waals surface area contributed by atoms with Crippen LogP contribution >= 0.6 is 0 Å². The minimum absolute atomic E-state index is 0.191. The molecule has 114 valence electrons. The van der Waals surface area contributed by atoms with Crippen molar-refractivity contribution in [1.29, 1.82) is 0 Å². The van der Waals surface area contributed by atoms with Gasteiger partial charge in [0.15, 0.2) is 11.6 Å². The van der Waals surface area contributed by atoms with Crippen LogP contribution in [0.3, 0.4) is 0 Å².